The first kappa shape index (κ1) is 8.03. The summed E-state index contributed by atoms with van der Waals surface area (Å²) in [5.74, 6) is 1.89. The lowest BCUT2D eigenvalue weighted by molar-refractivity contribution is -0.117. The summed E-state index contributed by atoms with van der Waals surface area (Å²) in [4.78, 5) is 11.5. The lowest BCUT2D eigenvalue weighted by Gasteiger charge is -2.26. The fraction of sp³-hybridized carbons (Fsp3) is 0.727. The predicted octanol–water partition coefficient (Wildman–Crippen LogP) is 2.71. The fourth-order valence-electron chi connectivity index (χ4n) is 2.83. The summed E-state index contributed by atoms with van der Waals surface area (Å²) in [6, 6.07) is 0. The highest BCUT2D eigenvalue weighted by molar-refractivity contribution is 5.96. The molecule has 0 aromatic heterocycles. The van der Waals surface area contributed by atoms with Crippen molar-refractivity contribution in [2.75, 3.05) is 0 Å². The minimum Gasteiger partial charge on any atom is -0.295 e. The van der Waals surface area contributed by atoms with Crippen LogP contribution < -0.4 is 0 Å². The number of ketones is 1. The number of fused-ring (bicyclic) bond motifs is 1. The molecule has 1 nitrogen and oxygen atoms in total. The van der Waals surface area contributed by atoms with E-state index in [9.17, 15) is 4.79 Å². The van der Waals surface area contributed by atoms with Gasteiger partial charge in [0.25, 0.3) is 0 Å². The van der Waals surface area contributed by atoms with Crippen LogP contribution in [0.15, 0.2) is 11.6 Å². The minimum atomic E-state index is 0.417. The van der Waals surface area contributed by atoms with Crippen LogP contribution in [0.4, 0.5) is 0 Å². The van der Waals surface area contributed by atoms with E-state index in [0.717, 1.165) is 24.3 Å². The Bertz CT molecular complexity index is 227. The maximum Gasteiger partial charge on any atom is 0.158 e. The van der Waals surface area contributed by atoms with Crippen molar-refractivity contribution in [3.63, 3.8) is 0 Å². The molecule has 0 saturated heterocycles. The molecule has 0 spiro atoms. The Morgan fingerprint density at radius 3 is 2.92 bits per heavy atom. The second kappa shape index (κ2) is 3.04. The highest BCUT2D eigenvalue weighted by atomic mass is 16.1. The van der Waals surface area contributed by atoms with Gasteiger partial charge < -0.3 is 0 Å². The summed E-state index contributed by atoms with van der Waals surface area (Å²) in [6.45, 7) is 2.01. The van der Waals surface area contributed by atoms with Crippen molar-refractivity contribution in [2.24, 2.45) is 11.8 Å². The molecule has 0 aromatic rings. The van der Waals surface area contributed by atoms with Crippen molar-refractivity contribution in [3.8, 4) is 0 Å². The van der Waals surface area contributed by atoms with Gasteiger partial charge >= 0.3 is 0 Å². The van der Waals surface area contributed by atoms with Crippen LogP contribution in [0.5, 0.6) is 0 Å². The van der Waals surface area contributed by atoms with Crippen LogP contribution in [0, 0.1) is 11.8 Å². The fourth-order valence-corrected chi connectivity index (χ4v) is 2.83. The van der Waals surface area contributed by atoms with Gasteiger partial charge in [0.1, 0.15) is 0 Å². The standard InChI is InChI=1S/C11H16O/c1-2-9-10-5-3-4-8(10)6-7-11(9)12/h2,8,10H,3-7H2,1H3/b9-2+/t8-,10-/m1/s1. The first-order chi connectivity index (χ1) is 5.83. The largest absolute Gasteiger partial charge is 0.295 e. The molecule has 1 heteroatoms. The number of hydrogen-bond acceptors (Lipinski definition) is 1. The Morgan fingerprint density at radius 2 is 2.17 bits per heavy atom. The van der Waals surface area contributed by atoms with Gasteiger partial charge in [0.05, 0.1) is 0 Å². The van der Waals surface area contributed by atoms with Gasteiger partial charge in [-0.3, -0.25) is 4.79 Å². The summed E-state index contributed by atoms with van der Waals surface area (Å²) in [5, 5.41) is 0. The molecular weight excluding hydrogens is 148 g/mol. The molecule has 0 heterocycles. The Balaban J connectivity index is 2.23. The number of rotatable bonds is 0. The monoisotopic (exact) mass is 164 g/mol. The van der Waals surface area contributed by atoms with Gasteiger partial charge in [0, 0.05) is 6.42 Å². The highest BCUT2D eigenvalue weighted by Crippen LogP contribution is 2.43. The molecule has 2 aliphatic rings. The molecule has 0 amide bonds. The van der Waals surface area contributed by atoms with E-state index >= 15 is 0 Å². The topological polar surface area (TPSA) is 17.1 Å². The molecule has 0 unspecified atom stereocenters. The molecule has 66 valence electrons. The molecule has 2 aliphatic carbocycles. The summed E-state index contributed by atoms with van der Waals surface area (Å²) < 4.78 is 0. The van der Waals surface area contributed by atoms with Crippen molar-refractivity contribution in [3.05, 3.63) is 11.6 Å². The third-order valence-electron chi connectivity index (χ3n) is 3.43. The van der Waals surface area contributed by atoms with E-state index in [1.807, 2.05) is 13.0 Å². The van der Waals surface area contributed by atoms with Crippen LogP contribution >= 0.6 is 0 Å². The molecule has 12 heavy (non-hydrogen) atoms. The molecule has 0 radical (unpaired) electrons. The Hall–Kier alpha value is -0.590. The lowest BCUT2D eigenvalue weighted by Crippen LogP contribution is -2.23. The molecule has 0 bridgehead atoms. The highest BCUT2D eigenvalue weighted by Gasteiger charge is 2.36. The van der Waals surface area contributed by atoms with Crippen LogP contribution in [0.3, 0.4) is 0 Å². The van der Waals surface area contributed by atoms with Crippen molar-refractivity contribution in [1.82, 2.24) is 0 Å². The molecule has 2 rings (SSSR count). The van der Waals surface area contributed by atoms with E-state index in [0.29, 0.717) is 11.7 Å². The number of Topliss-reactive ketones (excluding diaryl/α,β-unsaturated/α-hetero) is 1. The van der Waals surface area contributed by atoms with Crippen molar-refractivity contribution in [2.45, 2.75) is 39.0 Å². The normalized spacial score (nSPS) is 38.8. The van der Waals surface area contributed by atoms with E-state index in [4.69, 9.17) is 0 Å². The minimum absolute atomic E-state index is 0.417. The summed E-state index contributed by atoms with van der Waals surface area (Å²) in [7, 11) is 0. The second-order valence-electron chi connectivity index (χ2n) is 4.00. The van der Waals surface area contributed by atoms with E-state index in [1.165, 1.54) is 19.3 Å². The van der Waals surface area contributed by atoms with Crippen LogP contribution in [0.2, 0.25) is 0 Å². The summed E-state index contributed by atoms with van der Waals surface area (Å²) in [5.41, 5.74) is 1.14. The van der Waals surface area contributed by atoms with Crippen LogP contribution in [0.1, 0.15) is 39.0 Å². The molecular formula is C11H16O. The Kier molecular flexibility index (Phi) is 2.03. The molecule has 2 saturated carbocycles. The van der Waals surface area contributed by atoms with Gasteiger partial charge in [-0.25, -0.2) is 0 Å². The third kappa shape index (κ3) is 1.12. The molecule has 0 aromatic carbocycles. The van der Waals surface area contributed by atoms with E-state index in [2.05, 4.69) is 0 Å². The number of allylic oxidation sites excluding steroid dienone is 2. The molecule has 0 aliphatic heterocycles. The first-order valence-corrected chi connectivity index (χ1v) is 5.02. The maximum absolute atomic E-state index is 11.5. The molecule has 0 N–H and O–H groups in total. The molecule has 2 fully saturated rings. The predicted molar refractivity (Wildman–Crippen MR) is 48.8 cm³/mol. The van der Waals surface area contributed by atoms with Gasteiger partial charge in [-0.15, -0.1) is 0 Å². The number of hydrogen-bond donors (Lipinski definition) is 0. The average molecular weight is 164 g/mol. The van der Waals surface area contributed by atoms with Crippen LogP contribution in [0.25, 0.3) is 0 Å². The third-order valence-corrected chi connectivity index (χ3v) is 3.43. The first-order valence-electron chi connectivity index (χ1n) is 5.02. The summed E-state index contributed by atoms with van der Waals surface area (Å²) >= 11 is 0. The van der Waals surface area contributed by atoms with Gasteiger partial charge in [-0.05, 0) is 43.6 Å². The van der Waals surface area contributed by atoms with Gasteiger partial charge in [0.2, 0.25) is 0 Å². The van der Waals surface area contributed by atoms with Crippen LogP contribution in [-0.2, 0) is 4.79 Å². The zero-order chi connectivity index (χ0) is 8.55. The Labute approximate surface area is 73.8 Å². The smallest absolute Gasteiger partial charge is 0.158 e. The van der Waals surface area contributed by atoms with E-state index < -0.39 is 0 Å². The van der Waals surface area contributed by atoms with Crippen molar-refractivity contribution in [1.29, 1.82) is 0 Å². The Morgan fingerprint density at radius 1 is 1.33 bits per heavy atom. The zero-order valence-corrected chi connectivity index (χ0v) is 7.68. The van der Waals surface area contributed by atoms with E-state index in [-0.39, 0.29) is 0 Å². The quantitative estimate of drug-likeness (QED) is 0.503. The van der Waals surface area contributed by atoms with E-state index in [1.54, 1.807) is 0 Å². The number of carbonyl (C=O) groups is 1. The maximum atomic E-state index is 11.5. The SMILES string of the molecule is C/C=C1/C(=O)CC[C@H]2CCC[C@@H]12. The van der Waals surface area contributed by atoms with Gasteiger partial charge in [0.15, 0.2) is 5.78 Å². The lowest BCUT2D eigenvalue weighted by atomic mass is 9.77. The van der Waals surface area contributed by atoms with Gasteiger partial charge in [-0.1, -0.05) is 12.5 Å². The van der Waals surface area contributed by atoms with Crippen LogP contribution in [-0.4, -0.2) is 5.78 Å². The second-order valence-corrected chi connectivity index (χ2v) is 4.00. The molecule has 2 atom stereocenters. The zero-order valence-electron chi connectivity index (χ0n) is 7.68. The number of carbonyl (C=O) groups excluding carboxylic acids is 1. The van der Waals surface area contributed by atoms with Crippen molar-refractivity contribution < 1.29 is 4.79 Å². The van der Waals surface area contributed by atoms with Crippen molar-refractivity contribution >= 4 is 5.78 Å². The summed E-state index contributed by atoms with van der Waals surface area (Å²) in [6.07, 6.45) is 7.96. The average Bonchev–Trinajstić information content (AvgIpc) is 2.52. The van der Waals surface area contributed by atoms with Gasteiger partial charge in [-0.2, -0.15) is 0 Å².